The van der Waals surface area contributed by atoms with Gasteiger partial charge < -0.3 is 117 Å². The van der Waals surface area contributed by atoms with Crippen molar-refractivity contribution in [3.05, 3.63) is 102 Å². The van der Waals surface area contributed by atoms with Crippen LogP contribution in [0, 0.1) is 11.8 Å². The van der Waals surface area contributed by atoms with Crippen molar-refractivity contribution in [3.8, 4) is 5.75 Å². The van der Waals surface area contributed by atoms with Crippen LogP contribution in [0.3, 0.4) is 0 Å². The summed E-state index contributed by atoms with van der Waals surface area (Å²) in [5, 5.41) is 89.5. The topological polar surface area (TPSA) is 608 Å². The standard InChI is InChI=1S/C71H105N17O19/c1-7-37(3)56(85-60(96)46(73)33-43-34-77-47-20-13-12-19-45(43)47)67(103)82-51(31-41-17-10-9-11-18-41)64(100)84-53(36-89)65(101)88-59(40(6)91)69(105)86-57(38(4)8-2)66(102)80-49(27-28-55(94)95)61(97)78-35-54(93)79-48(22-16-30-76-71(74)75)62(98)87-58(39(5)90)68(104)83-52(32-42-23-25-44(92)26-24-42)63(99)81-50(70(106)107)21-14-15-29-72/h9-13,17-20,23-26,34,37-40,46,48-53,56-59,77,89-92H,7-8,14-16,21-22,27-33,35-36,72-73H2,1-6H3,(H,78,97)(H,79,93)(H,80,102)(H,81,99)(H,82,103)(H,83,104)(H,84,100)(H,85,96)(H,86,105)(H,87,98)(H,88,101)(H,94,95)(H,106,107)(H4,74,75,76)/t37-,38-,39+,40+,46-,48-,49-,50-,51-,52-,53-,56-,57-,58-,59-/m0/s1. The van der Waals surface area contributed by atoms with E-state index in [1.165, 1.54) is 31.2 Å². The summed E-state index contributed by atoms with van der Waals surface area (Å²) >= 11 is 0. The molecule has 4 aromatic rings. The highest BCUT2D eigenvalue weighted by molar-refractivity contribution is 6.00. The monoisotopic (exact) mass is 1500 g/mol. The zero-order chi connectivity index (χ0) is 79.6. The second kappa shape index (κ2) is 44.9. The molecule has 107 heavy (non-hydrogen) atoms. The van der Waals surface area contributed by atoms with Crippen LogP contribution >= 0.6 is 0 Å². The summed E-state index contributed by atoms with van der Waals surface area (Å²) in [6, 6.07) is 4.09. The van der Waals surface area contributed by atoms with Gasteiger partial charge in [0.1, 0.15) is 66.2 Å². The number of unbranched alkanes of at least 4 members (excludes halogenated alkanes) is 1. The third-order valence-corrected chi connectivity index (χ3v) is 17.8. The van der Waals surface area contributed by atoms with Crippen molar-refractivity contribution in [1.29, 1.82) is 0 Å². The van der Waals surface area contributed by atoms with Crippen LogP contribution in [-0.4, -0.2) is 223 Å². The number of phenols is 1. The van der Waals surface area contributed by atoms with Gasteiger partial charge in [-0.3, -0.25) is 62.5 Å². The van der Waals surface area contributed by atoms with Gasteiger partial charge in [0.2, 0.25) is 65.0 Å². The van der Waals surface area contributed by atoms with Gasteiger partial charge in [-0.05, 0) is 112 Å². The number of aromatic nitrogens is 1. The number of aliphatic imine (C=N–C) groups is 1. The molecule has 588 valence electrons. The molecule has 0 bridgehead atoms. The van der Waals surface area contributed by atoms with Gasteiger partial charge in [-0.1, -0.05) is 101 Å². The quantitative estimate of drug-likeness (QED) is 0.0114. The number of guanidine groups is 1. The van der Waals surface area contributed by atoms with E-state index in [1.54, 1.807) is 57.3 Å². The van der Waals surface area contributed by atoms with Gasteiger partial charge in [0.05, 0.1) is 31.4 Å². The van der Waals surface area contributed by atoms with Crippen molar-refractivity contribution >= 4 is 93.8 Å². The molecule has 0 aliphatic heterocycles. The number of hydrogen-bond donors (Lipinski definition) is 22. The van der Waals surface area contributed by atoms with E-state index in [0.717, 1.165) is 30.3 Å². The van der Waals surface area contributed by atoms with Crippen LogP contribution in [0.5, 0.6) is 5.75 Å². The number of para-hydroxylation sites is 1. The lowest BCUT2D eigenvalue weighted by Crippen LogP contribution is -2.63. The predicted octanol–water partition coefficient (Wildman–Crippen LogP) is -3.83. The SMILES string of the molecule is CC[C@H](C)[C@H](NC(=O)[C@@H](NC(=O)[C@H](CO)NC(=O)[C@H](Cc1ccccc1)NC(=O)[C@@H](NC(=O)[C@@H](N)Cc1c[nH]c2ccccc12)[C@@H](C)CC)[C@@H](C)O)C(=O)N[C@@H](CCC(=O)O)C(=O)NCC(=O)N[C@@H](CCCN=C(N)N)C(=O)N[C@H](C(=O)N[C@@H](Cc1ccc(O)cc1)C(=O)N[C@@H](CCCCN)C(=O)O)[C@@H](C)O. The van der Waals surface area contributed by atoms with E-state index in [9.17, 15) is 93.0 Å². The number of carboxylic acid groups (broad SMARTS) is 2. The van der Waals surface area contributed by atoms with E-state index < -0.39 is 193 Å². The highest BCUT2D eigenvalue weighted by Crippen LogP contribution is 2.20. The maximum atomic E-state index is 14.3. The summed E-state index contributed by atoms with van der Waals surface area (Å²) in [7, 11) is 0. The Hall–Kier alpha value is -10.8. The molecule has 0 saturated heterocycles. The van der Waals surface area contributed by atoms with E-state index in [-0.39, 0.29) is 69.7 Å². The minimum Gasteiger partial charge on any atom is -0.508 e. The maximum Gasteiger partial charge on any atom is 0.326 e. The first-order chi connectivity index (χ1) is 50.7. The molecule has 0 saturated carbocycles. The first kappa shape index (κ1) is 88.6. The molecule has 36 nitrogen and oxygen atoms in total. The van der Waals surface area contributed by atoms with E-state index in [0.29, 0.717) is 30.4 Å². The first-order valence-electron chi connectivity index (χ1n) is 35.3. The molecule has 0 aliphatic carbocycles. The van der Waals surface area contributed by atoms with Crippen molar-refractivity contribution in [2.45, 2.75) is 197 Å². The van der Waals surface area contributed by atoms with E-state index in [2.05, 4.69) is 68.5 Å². The van der Waals surface area contributed by atoms with Crippen molar-refractivity contribution in [3.63, 3.8) is 0 Å². The van der Waals surface area contributed by atoms with Gasteiger partial charge in [-0.2, -0.15) is 0 Å². The molecule has 15 atom stereocenters. The van der Waals surface area contributed by atoms with Crippen LogP contribution in [0.25, 0.3) is 10.9 Å². The number of rotatable bonds is 47. The average Bonchev–Trinajstić information content (AvgIpc) is 1.66. The van der Waals surface area contributed by atoms with Crippen LogP contribution in [0.2, 0.25) is 0 Å². The highest BCUT2D eigenvalue weighted by atomic mass is 16.4. The number of carbonyl (C=O) groups is 13. The molecule has 0 radical (unpaired) electrons. The van der Waals surface area contributed by atoms with Gasteiger partial charge in [-0.15, -0.1) is 0 Å². The molecule has 4 rings (SSSR count). The Balaban J connectivity index is 1.50. The number of hydrogen-bond acceptors (Lipinski definition) is 20. The number of aliphatic hydroxyl groups is 3. The molecule has 0 unspecified atom stereocenters. The van der Waals surface area contributed by atoms with Gasteiger partial charge in [0.25, 0.3) is 0 Å². The fraction of sp³-hybridized carbons (Fsp3) is 0.521. The van der Waals surface area contributed by atoms with Gasteiger partial charge in [0, 0.05) is 42.9 Å². The Labute approximate surface area is 618 Å². The summed E-state index contributed by atoms with van der Waals surface area (Å²) in [6.07, 6.45) is -2.30. The van der Waals surface area contributed by atoms with Crippen LogP contribution in [-0.2, 0) is 81.6 Å². The summed E-state index contributed by atoms with van der Waals surface area (Å²) in [5.41, 5.74) is 25.5. The first-order valence-corrected chi connectivity index (χ1v) is 35.3. The molecule has 1 aromatic heterocycles. The molecule has 3 aromatic carbocycles. The summed E-state index contributed by atoms with van der Waals surface area (Å²) in [5.74, 6) is -15.8. The number of aromatic hydroxyl groups is 1. The Morgan fingerprint density at radius 2 is 0.953 bits per heavy atom. The maximum absolute atomic E-state index is 14.3. The number of carbonyl (C=O) groups excluding carboxylic acids is 11. The minimum absolute atomic E-state index is 0.00353. The number of benzene rings is 3. The van der Waals surface area contributed by atoms with Gasteiger partial charge >= 0.3 is 11.9 Å². The number of amides is 11. The molecular weight excluding hydrogens is 1390 g/mol. The molecule has 0 aliphatic rings. The van der Waals surface area contributed by atoms with Gasteiger partial charge in [-0.25, -0.2) is 4.79 Å². The number of carboxylic acids is 2. The van der Waals surface area contributed by atoms with Crippen LogP contribution in [0.1, 0.15) is 116 Å². The zero-order valence-corrected chi connectivity index (χ0v) is 60.8. The van der Waals surface area contributed by atoms with Crippen LogP contribution in [0.15, 0.2) is 90.1 Å². The fourth-order valence-electron chi connectivity index (χ4n) is 11.1. The molecule has 11 amide bonds. The smallest absolute Gasteiger partial charge is 0.326 e. The number of nitrogens with one attached hydrogen (secondary N) is 12. The molecular formula is C71H105N17O19. The Morgan fingerprint density at radius 1 is 0.495 bits per heavy atom. The molecule has 36 heteroatoms. The number of nitrogens with two attached hydrogens (primary N) is 4. The van der Waals surface area contributed by atoms with Crippen LogP contribution in [0.4, 0.5) is 0 Å². The highest BCUT2D eigenvalue weighted by Gasteiger charge is 2.39. The van der Waals surface area contributed by atoms with Crippen LogP contribution < -0.4 is 81.4 Å². The largest absolute Gasteiger partial charge is 0.508 e. The van der Waals surface area contributed by atoms with Crippen molar-refractivity contribution in [2.75, 3.05) is 26.2 Å². The number of fused-ring (bicyclic) bond motifs is 1. The molecule has 26 N–H and O–H groups in total. The summed E-state index contributed by atoms with van der Waals surface area (Å²) < 4.78 is 0. The average molecular weight is 1500 g/mol. The second-order valence-electron chi connectivity index (χ2n) is 26.3. The third-order valence-electron chi connectivity index (χ3n) is 17.8. The zero-order valence-electron chi connectivity index (χ0n) is 60.8. The molecule has 1 heterocycles. The number of aliphatic carboxylic acids is 2. The minimum atomic E-state index is -1.92. The van der Waals surface area contributed by atoms with E-state index in [1.807, 2.05) is 24.3 Å². The van der Waals surface area contributed by atoms with E-state index in [4.69, 9.17) is 22.9 Å². The lowest BCUT2D eigenvalue weighted by molar-refractivity contribution is -0.142. The number of aromatic amines is 1. The Bertz CT molecular complexity index is 3670. The fourth-order valence-corrected chi connectivity index (χ4v) is 11.1. The van der Waals surface area contributed by atoms with Gasteiger partial charge in [0.15, 0.2) is 5.96 Å². The second-order valence-corrected chi connectivity index (χ2v) is 26.3. The number of nitrogens with zero attached hydrogens (tertiary/aromatic N) is 1. The van der Waals surface area contributed by atoms with Crippen molar-refractivity contribution < 1.29 is 93.0 Å². The third kappa shape index (κ3) is 29.6. The predicted molar refractivity (Wildman–Crippen MR) is 391 cm³/mol. The molecule has 0 spiro atoms. The normalized spacial score (nSPS) is 15.4. The Kier molecular flexibility index (Phi) is 37.1. The molecule has 0 fully saturated rings. The number of phenolic OH excluding ortho intramolecular Hbond substituents is 1. The van der Waals surface area contributed by atoms with Crippen molar-refractivity contribution in [2.24, 2.45) is 39.8 Å². The Morgan fingerprint density at radius 3 is 1.48 bits per heavy atom. The number of aliphatic hydroxyl groups excluding tert-OH is 3. The van der Waals surface area contributed by atoms with Crippen molar-refractivity contribution in [1.82, 2.24) is 63.5 Å². The lowest BCUT2D eigenvalue weighted by Gasteiger charge is -2.30. The number of H-pyrrole nitrogens is 1. The summed E-state index contributed by atoms with van der Waals surface area (Å²) in [4.78, 5) is 185. The van der Waals surface area contributed by atoms with E-state index >= 15 is 0 Å². The summed E-state index contributed by atoms with van der Waals surface area (Å²) in [6.45, 7) is 7.00. The lowest BCUT2D eigenvalue weighted by atomic mass is 9.96.